The molecule has 3 aromatic rings. The Kier molecular flexibility index (Phi) is 4.00. The molecule has 7 heteroatoms. The summed E-state index contributed by atoms with van der Waals surface area (Å²) in [4.78, 5) is 4.04. The zero-order valence-corrected chi connectivity index (χ0v) is 12.3. The molecular weight excluding hydrogens is 329 g/mol. The Bertz CT molecular complexity index is 813. The number of nitrogens with zero attached hydrogens (tertiary/aromatic N) is 1. The van der Waals surface area contributed by atoms with Crippen molar-refractivity contribution in [3.63, 3.8) is 0 Å². The average Bonchev–Trinajstić information content (AvgIpc) is 2.95. The van der Waals surface area contributed by atoms with Crippen LogP contribution in [0.3, 0.4) is 0 Å². The molecule has 0 fully saturated rings. The van der Waals surface area contributed by atoms with Gasteiger partial charge in [0.15, 0.2) is 5.76 Å². The summed E-state index contributed by atoms with van der Waals surface area (Å²) in [5.41, 5.74) is 0.403. The Morgan fingerprint density at radius 2 is 1.70 bits per heavy atom. The maximum atomic E-state index is 12.5. The number of halogens is 4. The number of hydrogen-bond donors (Lipinski definition) is 1. The van der Waals surface area contributed by atoms with Crippen LogP contribution in [0.4, 0.5) is 24.9 Å². The van der Waals surface area contributed by atoms with E-state index in [0.717, 1.165) is 12.1 Å². The predicted octanol–water partition coefficient (Wildman–Crippen LogP) is 5.76. The lowest BCUT2D eigenvalue weighted by atomic mass is 10.2. The third-order valence-electron chi connectivity index (χ3n) is 3.11. The molecule has 0 radical (unpaired) electrons. The molecule has 1 N–H and O–H groups in total. The standard InChI is InChI=1S/C16H10ClF3N2O/c17-13-4-2-1-3-12(13)14-9-21-15(23-14)22-11-7-5-10(6-8-11)16(18,19)20/h1-9H,(H,21,22). The number of anilines is 2. The van der Waals surface area contributed by atoms with Crippen LogP contribution in [0.15, 0.2) is 59.1 Å². The highest BCUT2D eigenvalue weighted by atomic mass is 35.5. The van der Waals surface area contributed by atoms with Gasteiger partial charge in [-0.15, -0.1) is 0 Å². The molecular formula is C16H10ClF3N2O. The normalized spacial score (nSPS) is 11.5. The first-order valence-electron chi connectivity index (χ1n) is 6.58. The quantitative estimate of drug-likeness (QED) is 0.660. The Morgan fingerprint density at radius 1 is 1.00 bits per heavy atom. The minimum atomic E-state index is -4.36. The van der Waals surface area contributed by atoms with Crippen LogP contribution in [0.25, 0.3) is 11.3 Å². The molecule has 118 valence electrons. The van der Waals surface area contributed by atoms with E-state index in [0.29, 0.717) is 22.0 Å². The molecule has 3 rings (SSSR count). The van der Waals surface area contributed by atoms with Crippen molar-refractivity contribution < 1.29 is 17.6 Å². The molecule has 0 spiro atoms. The number of rotatable bonds is 3. The topological polar surface area (TPSA) is 38.1 Å². The summed E-state index contributed by atoms with van der Waals surface area (Å²) >= 11 is 6.07. The summed E-state index contributed by atoms with van der Waals surface area (Å²) in [5, 5.41) is 3.32. The zero-order valence-electron chi connectivity index (χ0n) is 11.6. The fraction of sp³-hybridized carbons (Fsp3) is 0.0625. The van der Waals surface area contributed by atoms with Crippen LogP contribution in [0.1, 0.15) is 5.56 Å². The summed E-state index contributed by atoms with van der Waals surface area (Å²) in [6.07, 6.45) is -2.87. The van der Waals surface area contributed by atoms with Gasteiger partial charge >= 0.3 is 6.18 Å². The maximum Gasteiger partial charge on any atom is 0.416 e. The lowest BCUT2D eigenvalue weighted by Gasteiger charge is -2.07. The van der Waals surface area contributed by atoms with Crippen molar-refractivity contribution in [1.82, 2.24) is 4.98 Å². The van der Waals surface area contributed by atoms with Crippen molar-refractivity contribution in [1.29, 1.82) is 0 Å². The Hall–Kier alpha value is -2.47. The largest absolute Gasteiger partial charge is 0.423 e. The summed E-state index contributed by atoms with van der Waals surface area (Å²) in [5.74, 6) is 0.463. The second-order valence-electron chi connectivity index (χ2n) is 4.71. The van der Waals surface area contributed by atoms with Gasteiger partial charge in [0.05, 0.1) is 16.8 Å². The minimum Gasteiger partial charge on any atom is -0.423 e. The summed E-state index contributed by atoms with van der Waals surface area (Å²) in [6, 6.07) is 11.9. The van der Waals surface area contributed by atoms with Gasteiger partial charge in [-0.2, -0.15) is 13.2 Å². The van der Waals surface area contributed by atoms with E-state index in [4.69, 9.17) is 16.0 Å². The molecule has 1 heterocycles. The average molecular weight is 339 g/mol. The Morgan fingerprint density at radius 3 is 2.35 bits per heavy atom. The first kappa shape index (κ1) is 15.4. The lowest BCUT2D eigenvalue weighted by Crippen LogP contribution is -2.04. The highest BCUT2D eigenvalue weighted by Crippen LogP contribution is 2.32. The second-order valence-corrected chi connectivity index (χ2v) is 5.12. The van der Waals surface area contributed by atoms with Crippen LogP contribution < -0.4 is 5.32 Å². The van der Waals surface area contributed by atoms with Gasteiger partial charge in [-0.05, 0) is 36.4 Å². The van der Waals surface area contributed by atoms with Crippen LogP contribution in [-0.2, 0) is 6.18 Å². The van der Waals surface area contributed by atoms with Crippen LogP contribution >= 0.6 is 11.6 Å². The maximum absolute atomic E-state index is 12.5. The fourth-order valence-electron chi connectivity index (χ4n) is 1.98. The van der Waals surface area contributed by atoms with Crippen molar-refractivity contribution in [2.45, 2.75) is 6.18 Å². The number of alkyl halides is 3. The number of aromatic nitrogens is 1. The van der Waals surface area contributed by atoms with E-state index < -0.39 is 11.7 Å². The van der Waals surface area contributed by atoms with E-state index in [2.05, 4.69) is 10.3 Å². The van der Waals surface area contributed by atoms with Gasteiger partial charge < -0.3 is 9.73 Å². The highest BCUT2D eigenvalue weighted by Gasteiger charge is 2.29. The Balaban J connectivity index is 1.78. The van der Waals surface area contributed by atoms with Crippen molar-refractivity contribution in [2.24, 2.45) is 0 Å². The van der Waals surface area contributed by atoms with Crippen LogP contribution in [0.2, 0.25) is 5.02 Å². The first-order valence-corrected chi connectivity index (χ1v) is 6.96. The Labute approximate surface area is 134 Å². The van der Waals surface area contributed by atoms with E-state index in [1.807, 2.05) is 6.07 Å². The monoisotopic (exact) mass is 338 g/mol. The van der Waals surface area contributed by atoms with E-state index in [1.165, 1.54) is 18.3 Å². The molecule has 0 atom stereocenters. The molecule has 0 saturated heterocycles. The van der Waals surface area contributed by atoms with Crippen molar-refractivity contribution >= 4 is 23.3 Å². The van der Waals surface area contributed by atoms with E-state index in [1.54, 1.807) is 18.2 Å². The third kappa shape index (κ3) is 3.48. The molecule has 23 heavy (non-hydrogen) atoms. The number of benzene rings is 2. The summed E-state index contributed by atoms with van der Waals surface area (Å²) in [7, 11) is 0. The van der Waals surface area contributed by atoms with Crippen LogP contribution in [0, 0.1) is 0 Å². The number of nitrogens with one attached hydrogen (secondary N) is 1. The lowest BCUT2D eigenvalue weighted by molar-refractivity contribution is -0.137. The minimum absolute atomic E-state index is 0.166. The molecule has 0 bridgehead atoms. The molecule has 0 aliphatic rings. The summed E-state index contributed by atoms with van der Waals surface area (Å²) in [6.45, 7) is 0. The van der Waals surface area contributed by atoms with Crippen LogP contribution in [0.5, 0.6) is 0 Å². The van der Waals surface area contributed by atoms with Gasteiger partial charge in [0.1, 0.15) is 0 Å². The molecule has 0 amide bonds. The van der Waals surface area contributed by atoms with Gasteiger partial charge in [0, 0.05) is 11.3 Å². The molecule has 0 aliphatic carbocycles. The van der Waals surface area contributed by atoms with Crippen molar-refractivity contribution in [3.8, 4) is 11.3 Å². The van der Waals surface area contributed by atoms with Gasteiger partial charge in [-0.1, -0.05) is 23.7 Å². The zero-order chi connectivity index (χ0) is 16.4. The number of oxazole rings is 1. The van der Waals surface area contributed by atoms with Gasteiger partial charge in [0.2, 0.25) is 0 Å². The molecule has 3 nitrogen and oxygen atoms in total. The second kappa shape index (κ2) is 5.96. The van der Waals surface area contributed by atoms with Crippen molar-refractivity contribution in [2.75, 3.05) is 5.32 Å². The molecule has 2 aromatic carbocycles. The molecule has 0 aliphatic heterocycles. The van der Waals surface area contributed by atoms with Crippen molar-refractivity contribution in [3.05, 3.63) is 65.3 Å². The van der Waals surface area contributed by atoms with E-state index >= 15 is 0 Å². The summed E-state index contributed by atoms with van der Waals surface area (Å²) < 4.78 is 43.1. The van der Waals surface area contributed by atoms with Gasteiger partial charge in [0.25, 0.3) is 6.01 Å². The fourth-order valence-corrected chi connectivity index (χ4v) is 2.21. The van der Waals surface area contributed by atoms with Gasteiger partial charge in [-0.25, -0.2) is 4.98 Å². The molecule has 0 unspecified atom stereocenters. The van der Waals surface area contributed by atoms with E-state index in [9.17, 15) is 13.2 Å². The molecule has 1 aromatic heterocycles. The predicted molar refractivity (Wildman–Crippen MR) is 81.7 cm³/mol. The smallest absolute Gasteiger partial charge is 0.416 e. The van der Waals surface area contributed by atoms with E-state index in [-0.39, 0.29) is 6.01 Å². The SMILES string of the molecule is FC(F)(F)c1ccc(Nc2ncc(-c3ccccc3Cl)o2)cc1. The first-order chi connectivity index (χ1) is 10.9. The third-order valence-corrected chi connectivity index (χ3v) is 3.44. The molecule has 0 saturated carbocycles. The number of hydrogen-bond acceptors (Lipinski definition) is 3. The van der Waals surface area contributed by atoms with Gasteiger partial charge in [-0.3, -0.25) is 0 Å². The van der Waals surface area contributed by atoms with Crippen LogP contribution in [-0.4, -0.2) is 4.98 Å². The highest BCUT2D eigenvalue weighted by molar-refractivity contribution is 6.33.